The SMILES string of the molecule is CCOc1cccc(C(CN)c2nc(C)cs2)c1. The fourth-order valence-electron chi connectivity index (χ4n) is 1.90. The molecule has 2 N–H and O–H groups in total. The lowest BCUT2D eigenvalue weighted by molar-refractivity contribution is 0.340. The zero-order valence-corrected chi connectivity index (χ0v) is 11.5. The summed E-state index contributed by atoms with van der Waals surface area (Å²) in [4.78, 5) is 4.53. The van der Waals surface area contributed by atoms with Crippen molar-refractivity contribution in [2.45, 2.75) is 19.8 Å². The Labute approximate surface area is 112 Å². The number of nitrogens with two attached hydrogens (primary N) is 1. The van der Waals surface area contributed by atoms with Crippen LogP contribution in [0, 0.1) is 6.92 Å². The highest BCUT2D eigenvalue weighted by molar-refractivity contribution is 7.09. The summed E-state index contributed by atoms with van der Waals surface area (Å²) in [5.74, 6) is 1.05. The standard InChI is InChI=1S/C14H18N2OS/c1-3-17-12-6-4-5-11(7-12)13(8-15)14-16-10(2)9-18-14/h4-7,9,13H,3,8,15H2,1-2H3. The monoisotopic (exact) mass is 262 g/mol. The lowest BCUT2D eigenvalue weighted by Crippen LogP contribution is -2.13. The fraction of sp³-hybridized carbons (Fsp3) is 0.357. The second-order valence-corrected chi connectivity index (χ2v) is 5.01. The Morgan fingerprint density at radius 3 is 2.89 bits per heavy atom. The number of ether oxygens (including phenoxy) is 1. The van der Waals surface area contributed by atoms with E-state index in [2.05, 4.69) is 22.5 Å². The molecule has 1 atom stereocenters. The first-order valence-electron chi connectivity index (χ1n) is 6.09. The molecule has 0 aliphatic carbocycles. The number of benzene rings is 1. The number of hydrogen-bond acceptors (Lipinski definition) is 4. The van der Waals surface area contributed by atoms with Gasteiger partial charge in [0.25, 0.3) is 0 Å². The summed E-state index contributed by atoms with van der Waals surface area (Å²) in [7, 11) is 0. The van der Waals surface area contributed by atoms with Crippen molar-refractivity contribution in [3.8, 4) is 5.75 Å². The van der Waals surface area contributed by atoms with Crippen molar-refractivity contribution in [1.82, 2.24) is 4.98 Å². The van der Waals surface area contributed by atoms with Crippen molar-refractivity contribution < 1.29 is 4.74 Å². The summed E-state index contributed by atoms with van der Waals surface area (Å²) in [5.41, 5.74) is 8.11. The van der Waals surface area contributed by atoms with E-state index >= 15 is 0 Å². The Balaban J connectivity index is 2.29. The third kappa shape index (κ3) is 2.89. The first-order chi connectivity index (χ1) is 8.74. The van der Waals surface area contributed by atoms with Gasteiger partial charge in [-0.05, 0) is 31.5 Å². The number of aryl methyl sites for hydroxylation is 1. The summed E-state index contributed by atoms with van der Waals surface area (Å²) < 4.78 is 5.52. The molecule has 0 aliphatic heterocycles. The minimum absolute atomic E-state index is 0.157. The molecule has 0 bridgehead atoms. The van der Waals surface area contributed by atoms with Crippen molar-refractivity contribution in [3.05, 3.63) is 45.9 Å². The van der Waals surface area contributed by atoms with Crippen LogP contribution >= 0.6 is 11.3 Å². The van der Waals surface area contributed by atoms with Crippen LogP contribution in [0.1, 0.15) is 29.1 Å². The smallest absolute Gasteiger partial charge is 0.119 e. The number of rotatable bonds is 5. The van der Waals surface area contributed by atoms with Gasteiger partial charge in [-0.2, -0.15) is 0 Å². The second kappa shape index (κ2) is 5.98. The first kappa shape index (κ1) is 13.1. The molecule has 1 aromatic heterocycles. The Morgan fingerprint density at radius 1 is 1.44 bits per heavy atom. The highest BCUT2D eigenvalue weighted by atomic mass is 32.1. The summed E-state index contributed by atoms with van der Waals surface area (Å²) in [6.07, 6.45) is 0. The third-order valence-electron chi connectivity index (χ3n) is 2.74. The molecule has 0 spiro atoms. The highest BCUT2D eigenvalue weighted by Gasteiger charge is 2.16. The molecular formula is C14H18N2OS. The van der Waals surface area contributed by atoms with Crippen LogP contribution in [0.25, 0.3) is 0 Å². The van der Waals surface area contributed by atoms with Crippen LogP contribution < -0.4 is 10.5 Å². The van der Waals surface area contributed by atoms with Crippen molar-refractivity contribution in [2.24, 2.45) is 5.73 Å². The molecule has 2 aromatic rings. The van der Waals surface area contributed by atoms with E-state index in [1.54, 1.807) is 11.3 Å². The molecule has 0 amide bonds. The first-order valence-corrected chi connectivity index (χ1v) is 6.97. The lowest BCUT2D eigenvalue weighted by Gasteiger charge is -2.13. The van der Waals surface area contributed by atoms with Gasteiger partial charge in [-0.15, -0.1) is 11.3 Å². The van der Waals surface area contributed by atoms with Gasteiger partial charge in [-0.1, -0.05) is 12.1 Å². The zero-order valence-electron chi connectivity index (χ0n) is 10.7. The van der Waals surface area contributed by atoms with Gasteiger partial charge in [0.15, 0.2) is 0 Å². The molecule has 4 heteroatoms. The lowest BCUT2D eigenvalue weighted by atomic mass is 10.00. The predicted octanol–water partition coefficient (Wildman–Crippen LogP) is 2.94. The number of hydrogen-bond donors (Lipinski definition) is 1. The molecule has 0 aliphatic rings. The van der Waals surface area contributed by atoms with Gasteiger partial charge in [0.1, 0.15) is 10.8 Å². The maximum Gasteiger partial charge on any atom is 0.119 e. The molecule has 96 valence electrons. The Hall–Kier alpha value is -1.39. The van der Waals surface area contributed by atoms with Crippen molar-refractivity contribution >= 4 is 11.3 Å². The molecule has 3 nitrogen and oxygen atoms in total. The number of thiazole rings is 1. The number of nitrogens with zero attached hydrogens (tertiary/aromatic N) is 1. The molecular weight excluding hydrogens is 244 g/mol. The quantitative estimate of drug-likeness (QED) is 0.901. The molecule has 2 rings (SSSR count). The van der Waals surface area contributed by atoms with Gasteiger partial charge >= 0.3 is 0 Å². The highest BCUT2D eigenvalue weighted by Crippen LogP contribution is 2.28. The zero-order chi connectivity index (χ0) is 13.0. The minimum Gasteiger partial charge on any atom is -0.494 e. The molecule has 18 heavy (non-hydrogen) atoms. The van der Waals surface area contributed by atoms with Gasteiger partial charge in [-0.25, -0.2) is 4.98 Å². The average molecular weight is 262 g/mol. The van der Waals surface area contributed by atoms with Crippen molar-refractivity contribution in [1.29, 1.82) is 0 Å². The number of aromatic nitrogens is 1. The van der Waals surface area contributed by atoms with Crippen LogP contribution in [-0.2, 0) is 0 Å². The molecule has 1 aromatic carbocycles. The fourth-order valence-corrected chi connectivity index (χ4v) is 2.84. The van der Waals surface area contributed by atoms with Gasteiger partial charge in [0.2, 0.25) is 0 Å². The van der Waals surface area contributed by atoms with E-state index in [9.17, 15) is 0 Å². The predicted molar refractivity (Wildman–Crippen MR) is 75.4 cm³/mol. The minimum atomic E-state index is 0.157. The van der Waals surface area contributed by atoms with Crippen LogP contribution in [-0.4, -0.2) is 18.1 Å². The Bertz CT molecular complexity index is 510. The van der Waals surface area contributed by atoms with E-state index in [1.165, 1.54) is 0 Å². The van der Waals surface area contributed by atoms with E-state index in [0.717, 1.165) is 22.0 Å². The molecule has 0 fully saturated rings. The van der Waals surface area contributed by atoms with Crippen LogP contribution in [0.2, 0.25) is 0 Å². The van der Waals surface area contributed by atoms with Gasteiger partial charge < -0.3 is 10.5 Å². The normalized spacial score (nSPS) is 12.4. The molecule has 0 radical (unpaired) electrons. The maximum atomic E-state index is 5.90. The van der Waals surface area contributed by atoms with Gasteiger partial charge in [0, 0.05) is 23.5 Å². The molecule has 1 unspecified atom stereocenters. The summed E-state index contributed by atoms with van der Waals surface area (Å²) in [5, 5.41) is 3.13. The molecule has 1 heterocycles. The summed E-state index contributed by atoms with van der Waals surface area (Å²) in [6.45, 7) is 5.22. The topological polar surface area (TPSA) is 48.1 Å². The van der Waals surface area contributed by atoms with Gasteiger partial charge in [0.05, 0.1) is 6.61 Å². The third-order valence-corrected chi connectivity index (χ3v) is 3.82. The van der Waals surface area contributed by atoms with E-state index in [0.29, 0.717) is 13.2 Å². The summed E-state index contributed by atoms with van der Waals surface area (Å²) >= 11 is 1.66. The second-order valence-electron chi connectivity index (χ2n) is 4.12. The van der Waals surface area contributed by atoms with Crippen molar-refractivity contribution in [3.63, 3.8) is 0 Å². The van der Waals surface area contributed by atoms with Crippen LogP contribution in [0.5, 0.6) is 5.75 Å². The summed E-state index contributed by atoms with van der Waals surface area (Å²) in [6, 6.07) is 8.10. The van der Waals surface area contributed by atoms with Gasteiger partial charge in [-0.3, -0.25) is 0 Å². The molecule has 0 saturated heterocycles. The van der Waals surface area contributed by atoms with E-state index in [-0.39, 0.29) is 5.92 Å². The van der Waals surface area contributed by atoms with Crippen molar-refractivity contribution in [2.75, 3.05) is 13.2 Å². The average Bonchev–Trinajstić information content (AvgIpc) is 2.78. The Morgan fingerprint density at radius 2 is 2.28 bits per heavy atom. The van der Waals surface area contributed by atoms with Crippen LogP contribution in [0.3, 0.4) is 0 Å². The Kier molecular flexibility index (Phi) is 4.33. The van der Waals surface area contributed by atoms with E-state index < -0.39 is 0 Å². The van der Waals surface area contributed by atoms with Crippen LogP contribution in [0.4, 0.5) is 0 Å². The van der Waals surface area contributed by atoms with Crippen LogP contribution in [0.15, 0.2) is 29.6 Å². The molecule has 0 saturated carbocycles. The largest absolute Gasteiger partial charge is 0.494 e. The van der Waals surface area contributed by atoms with E-state index in [4.69, 9.17) is 10.5 Å². The maximum absolute atomic E-state index is 5.90. The van der Waals surface area contributed by atoms with E-state index in [1.807, 2.05) is 26.0 Å².